The lowest BCUT2D eigenvalue weighted by Gasteiger charge is -2.29. The van der Waals surface area contributed by atoms with E-state index < -0.39 is 0 Å². The summed E-state index contributed by atoms with van der Waals surface area (Å²) in [6.45, 7) is 10.6. The Bertz CT molecular complexity index is 545. The third-order valence-electron chi connectivity index (χ3n) is 3.86. The summed E-state index contributed by atoms with van der Waals surface area (Å²) in [6.07, 6.45) is 0.909. The van der Waals surface area contributed by atoms with Gasteiger partial charge in [-0.15, -0.1) is 0 Å². The van der Waals surface area contributed by atoms with Crippen LogP contribution >= 0.6 is 0 Å². The Morgan fingerprint density at radius 3 is 2.74 bits per heavy atom. The van der Waals surface area contributed by atoms with Crippen molar-refractivity contribution in [2.45, 2.75) is 13.3 Å². The maximum atomic E-state index is 12.2. The predicted octanol–water partition coefficient (Wildman–Crippen LogP) is 1.57. The van der Waals surface area contributed by atoms with Crippen LogP contribution in [-0.4, -0.2) is 69.2 Å². The van der Waals surface area contributed by atoms with Crippen LogP contribution in [0.15, 0.2) is 17.1 Å². The number of amides is 1. The SMILES string of the molecule is C=C(c1oc(C(=O)NCCCN(C)C)cc1C)N1CCOCC1. The van der Waals surface area contributed by atoms with Gasteiger partial charge in [-0.05, 0) is 45.6 Å². The molecule has 0 aromatic carbocycles. The summed E-state index contributed by atoms with van der Waals surface area (Å²) in [6, 6.07) is 1.78. The number of hydrogen-bond acceptors (Lipinski definition) is 5. The van der Waals surface area contributed by atoms with Crippen LogP contribution in [0.2, 0.25) is 0 Å². The monoisotopic (exact) mass is 321 g/mol. The third-order valence-corrected chi connectivity index (χ3v) is 3.86. The highest BCUT2D eigenvalue weighted by atomic mass is 16.5. The fourth-order valence-corrected chi connectivity index (χ4v) is 2.54. The Morgan fingerprint density at radius 1 is 1.39 bits per heavy atom. The van der Waals surface area contributed by atoms with E-state index in [1.807, 2.05) is 21.0 Å². The van der Waals surface area contributed by atoms with Gasteiger partial charge in [-0.3, -0.25) is 4.79 Å². The average Bonchev–Trinajstić information content (AvgIpc) is 2.93. The Labute approximate surface area is 138 Å². The first-order valence-electron chi connectivity index (χ1n) is 8.04. The highest BCUT2D eigenvalue weighted by Crippen LogP contribution is 2.25. The lowest BCUT2D eigenvalue weighted by molar-refractivity contribution is 0.0632. The van der Waals surface area contributed by atoms with Crippen LogP contribution in [0.25, 0.3) is 5.70 Å². The standard InChI is InChI=1S/C17H27N3O3/c1-13-12-15(17(21)18-6-5-7-19(3)4)23-16(13)14(2)20-8-10-22-11-9-20/h12H,2,5-11H2,1,3-4H3,(H,18,21). The molecule has 1 aromatic heterocycles. The molecule has 1 N–H and O–H groups in total. The highest BCUT2D eigenvalue weighted by molar-refractivity contribution is 5.92. The molecule has 23 heavy (non-hydrogen) atoms. The molecule has 0 saturated carbocycles. The van der Waals surface area contributed by atoms with Crippen LogP contribution in [0, 0.1) is 6.92 Å². The molecule has 1 saturated heterocycles. The second-order valence-electron chi connectivity index (χ2n) is 6.08. The second kappa shape index (κ2) is 8.17. The van der Waals surface area contributed by atoms with E-state index in [2.05, 4.69) is 21.7 Å². The van der Waals surface area contributed by atoms with E-state index in [0.29, 0.717) is 31.3 Å². The molecule has 0 bridgehead atoms. The molecule has 0 spiro atoms. The van der Waals surface area contributed by atoms with Crippen molar-refractivity contribution in [1.82, 2.24) is 15.1 Å². The van der Waals surface area contributed by atoms with Gasteiger partial charge in [-0.1, -0.05) is 6.58 Å². The predicted molar refractivity (Wildman–Crippen MR) is 90.4 cm³/mol. The minimum absolute atomic E-state index is 0.173. The molecule has 0 radical (unpaired) electrons. The lowest BCUT2D eigenvalue weighted by Crippen LogP contribution is -2.34. The van der Waals surface area contributed by atoms with Crippen LogP contribution in [0.4, 0.5) is 0 Å². The summed E-state index contributed by atoms with van der Waals surface area (Å²) in [5.41, 5.74) is 1.75. The number of aryl methyl sites for hydroxylation is 1. The minimum atomic E-state index is -0.173. The van der Waals surface area contributed by atoms with Crippen molar-refractivity contribution < 1.29 is 13.9 Å². The fourth-order valence-electron chi connectivity index (χ4n) is 2.54. The van der Waals surface area contributed by atoms with Gasteiger partial charge in [0.2, 0.25) is 0 Å². The Morgan fingerprint density at radius 2 is 2.09 bits per heavy atom. The quantitative estimate of drug-likeness (QED) is 0.773. The topological polar surface area (TPSA) is 58.0 Å². The number of rotatable bonds is 7. The van der Waals surface area contributed by atoms with Crippen molar-refractivity contribution >= 4 is 11.6 Å². The van der Waals surface area contributed by atoms with Crippen molar-refractivity contribution in [3.63, 3.8) is 0 Å². The van der Waals surface area contributed by atoms with Crippen molar-refractivity contribution in [3.8, 4) is 0 Å². The fraction of sp³-hybridized carbons (Fsp3) is 0.588. The number of nitrogens with zero attached hydrogens (tertiary/aromatic N) is 2. The van der Waals surface area contributed by atoms with Crippen molar-refractivity contribution in [1.29, 1.82) is 0 Å². The summed E-state index contributed by atoms with van der Waals surface area (Å²) in [5, 5.41) is 2.89. The molecule has 0 unspecified atom stereocenters. The van der Waals surface area contributed by atoms with E-state index in [1.54, 1.807) is 6.07 Å². The molecule has 128 valence electrons. The van der Waals surface area contributed by atoms with E-state index in [9.17, 15) is 4.79 Å². The molecule has 1 aromatic rings. The number of furan rings is 1. The van der Waals surface area contributed by atoms with Gasteiger partial charge in [0.25, 0.3) is 5.91 Å². The zero-order valence-corrected chi connectivity index (χ0v) is 14.4. The maximum absolute atomic E-state index is 12.2. The van der Waals surface area contributed by atoms with Crippen molar-refractivity contribution in [3.05, 3.63) is 29.7 Å². The third kappa shape index (κ3) is 4.84. The Kier molecular flexibility index (Phi) is 6.24. The number of nitrogens with one attached hydrogen (secondary N) is 1. The number of ether oxygens (including phenoxy) is 1. The van der Waals surface area contributed by atoms with Gasteiger partial charge in [-0.2, -0.15) is 0 Å². The number of hydrogen-bond donors (Lipinski definition) is 1. The summed E-state index contributed by atoms with van der Waals surface area (Å²) in [7, 11) is 4.03. The molecule has 1 fully saturated rings. The smallest absolute Gasteiger partial charge is 0.287 e. The van der Waals surface area contributed by atoms with Crippen LogP contribution in [0.5, 0.6) is 0 Å². The van der Waals surface area contributed by atoms with Crippen LogP contribution in [0.1, 0.15) is 28.3 Å². The Balaban J connectivity index is 1.94. The average molecular weight is 321 g/mol. The van der Waals surface area contributed by atoms with Gasteiger partial charge in [0.15, 0.2) is 11.5 Å². The lowest BCUT2D eigenvalue weighted by atomic mass is 10.2. The molecule has 6 nitrogen and oxygen atoms in total. The first kappa shape index (κ1) is 17.6. The van der Waals surface area contributed by atoms with Gasteiger partial charge in [0.1, 0.15) is 0 Å². The van der Waals surface area contributed by atoms with Gasteiger partial charge in [0, 0.05) is 19.6 Å². The van der Waals surface area contributed by atoms with Crippen LogP contribution in [0.3, 0.4) is 0 Å². The second-order valence-corrected chi connectivity index (χ2v) is 6.08. The number of carbonyl (C=O) groups excluding carboxylic acids is 1. The molecule has 0 atom stereocenters. The van der Waals surface area contributed by atoms with Crippen molar-refractivity contribution in [2.75, 3.05) is 53.5 Å². The zero-order chi connectivity index (χ0) is 16.8. The van der Waals surface area contributed by atoms with E-state index in [0.717, 1.165) is 37.3 Å². The summed E-state index contributed by atoms with van der Waals surface area (Å²) < 4.78 is 11.1. The first-order chi connectivity index (χ1) is 11.0. The molecule has 1 aliphatic heterocycles. The van der Waals surface area contributed by atoms with E-state index in [4.69, 9.17) is 9.15 Å². The molecule has 1 amide bonds. The van der Waals surface area contributed by atoms with Gasteiger partial charge in [0.05, 0.1) is 18.9 Å². The summed E-state index contributed by atoms with van der Waals surface area (Å²) in [5.74, 6) is 0.856. The summed E-state index contributed by atoms with van der Waals surface area (Å²) in [4.78, 5) is 16.4. The van der Waals surface area contributed by atoms with E-state index >= 15 is 0 Å². The largest absolute Gasteiger partial charge is 0.449 e. The number of morpholine rings is 1. The van der Waals surface area contributed by atoms with Crippen molar-refractivity contribution in [2.24, 2.45) is 0 Å². The first-order valence-corrected chi connectivity index (χ1v) is 8.04. The summed E-state index contributed by atoms with van der Waals surface area (Å²) >= 11 is 0. The zero-order valence-electron chi connectivity index (χ0n) is 14.4. The molecule has 2 rings (SSSR count). The van der Waals surface area contributed by atoms with E-state index in [-0.39, 0.29) is 5.91 Å². The minimum Gasteiger partial charge on any atom is -0.449 e. The molecular formula is C17H27N3O3. The molecule has 0 aliphatic carbocycles. The van der Waals surface area contributed by atoms with Gasteiger partial charge >= 0.3 is 0 Å². The van der Waals surface area contributed by atoms with Gasteiger partial charge < -0.3 is 24.3 Å². The molecule has 2 heterocycles. The normalized spacial score (nSPS) is 15.0. The Hall–Kier alpha value is -1.79. The molecule has 1 aliphatic rings. The molecular weight excluding hydrogens is 294 g/mol. The number of carbonyl (C=O) groups is 1. The molecule has 6 heteroatoms. The highest BCUT2D eigenvalue weighted by Gasteiger charge is 2.20. The van der Waals surface area contributed by atoms with Crippen LogP contribution < -0.4 is 5.32 Å². The van der Waals surface area contributed by atoms with Crippen LogP contribution in [-0.2, 0) is 4.74 Å². The maximum Gasteiger partial charge on any atom is 0.287 e. The van der Waals surface area contributed by atoms with Gasteiger partial charge in [-0.25, -0.2) is 0 Å². The van der Waals surface area contributed by atoms with E-state index in [1.165, 1.54) is 0 Å².